The molecule has 0 aliphatic heterocycles. The number of allylic oxidation sites excluding steroid dienone is 5. The molecule has 2 heteroatoms. The van der Waals surface area contributed by atoms with Gasteiger partial charge < -0.3 is 0 Å². The van der Waals surface area contributed by atoms with Gasteiger partial charge in [0.1, 0.15) is 5.82 Å². The van der Waals surface area contributed by atoms with Crippen molar-refractivity contribution < 1.29 is 8.78 Å². The maximum absolute atomic E-state index is 13.2. The molecule has 0 aliphatic rings. The zero-order valence-electron chi connectivity index (χ0n) is 13.1. The second-order valence-electron chi connectivity index (χ2n) is 5.38. The molecule has 1 aromatic rings. The van der Waals surface area contributed by atoms with Crippen LogP contribution in [0.4, 0.5) is 8.78 Å². The van der Waals surface area contributed by atoms with E-state index in [4.69, 9.17) is 0 Å². The summed E-state index contributed by atoms with van der Waals surface area (Å²) in [5.74, 6) is -0.239. The minimum atomic E-state index is -0.254. The Morgan fingerprint density at radius 1 is 1.24 bits per heavy atom. The molecule has 1 atom stereocenters. The maximum Gasteiger partial charge on any atom is 0.123 e. The quantitative estimate of drug-likeness (QED) is 0.520. The molecule has 114 valence electrons. The van der Waals surface area contributed by atoms with Crippen molar-refractivity contribution in [1.82, 2.24) is 0 Å². The number of benzene rings is 1. The summed E-state index contributed by atoms with van der Waals surface area (Å²) in [4.78, 5) is 0. The Kier molecular flexibility index (Phi) is 7.07. The highest BCUT2D eigenvalue weighted by molar-refractivity contribution is 5.42. The first kappa shape index (κ1) is 17.4. The second kappa shape index (κ2) is 8.56. The molecule has 1 rings (SSSR count). The fourth-order valence-electron chi connectivity index (χ4n) is 2.55. The van der Waals surface area contributed by atoms with Crippen LogP contribution in [0.2, 0.25) is 0 Å². The van der Waals surface area contributed by atoms with E-state index in [-0.39, 0.29) is 11.2 Å². The maximum atomic E-state index is 13.2. The second-order valence-corrected chi connectivity index (χ2v) is 5.38. The van der Waals surface area contributed by atoms with E-state index < -0.39 is 0 Å². The summed E-state index contributed by atoms with van der Waals surface area (Å²) >= 11 is 0. The first-order valence-corrected chi connectivity index (χ1v) is 7.44. The molecule has 0 saturated carbocycles. The fourth-order valence-corrected chi connectivity index (χ4v) is 2.55. The lowest BCUT2D eigenvalue weighted by molar-refractivity contribution is 0.490. The van der Waals surface area contributed by atoms with E-state index in [9.17, 15) is 8.78 Å². The van der Waals surface area contributed by atoms with Gasteiger partial charge in [-0.3, -0.25) is 0 Å². The Hall–Kier alpha value is -1.70. The molecule has 0 saturated heterocycles. The van der Waals surface area contributed by atoms with Crippen molar-refractivity contribution in [1.29, 1.82) is 0 Å². The van der Waals surface area contributed by atoms with E-state index in [1.54, 1.807) is 6.08 Å². The van der Waals surface area contributed by atoms with Gasteiger partial charge in [0.05, 0.1) is 6.33 Å². The van der Waals surface area contributed by atoms with Gasteiger partial charge in [-0.25, -0.2) is 8.78 Å². The topological polar surface area (TPSA) is 0 Å². The fraction of sp³-hybridized carbons (Fsp3) is 0.368. The van der Waals surface area contributed by atoms with Crippen LogP contribution < -0.4 is 0 Å². The third kappa shape index (κ3) is 4.66. The van der Waals surface area contributed by atoms with E-state index in [2.05, 4.69) is 13.8 Å². The van der Waals surface area contributed by atoms with Gasteiger partial charge in [0.15, 0.2) is 0 Å². The summed E-state index contributed by atoms with van der Waals surface area (Å²) in [6, 6.07) is 6.61. The molecule has 1 unspecified atom stereocenters. The number of halogens is 2. The van der Waals surface area contributed by atoms with Crippen LogP contribution in [0.1, 0.15) is 45.6 Å². The molecule has 21 heavy (non-hydrogen) atoms. The summed E-state index contributed by atoms with van der Waals surface area (Å²) in [5, 5.41) is 0. The third-order valence-corrected chi connectivity index (χ3v) is 3.84. The lowest BCUT2D eigenvalue weighted by atomic mass is 9.72. The van der Waals surface area contributed by atoms with Crippen LogP contribution in [0.3, 0.4) is 0 Å². The number of hydrogen-bond acceptors (Lipinski definition) is 0. The van der Waals surface area contributed by atoms with E-state index in [0.29, 0.717) is 6.33 Å². The van der Waals surface area contributed by atoms with Gasteiger partial charge in [-0.05, 0) is 42.7 Å². The van der Waals surface area contributed by atoms with Crippen molar-refractivity contribution in [2.75, 3.05) is 0 Å². The standard InChI is InChI=1S/C19H24F2/c1-4-6-14-19(3,16(8-5-2)9-7-15-20)17-10-12-18(21)13-11-17/h5,7-13,15H,4,6,14H2,1-3H3/b8-5-,15-7+,16-9+. The lowest BCUT2D eigenvalue weighted by Gasteiger charge is -2.32. The van der Waals surface area contributed by atoms with Gasteiger partial charge in [0, 0.05) is 5.41 Å². The van der Waals surface area contributed by atoms with Crippen molar-refractivity contribution in [3.8, 4) is 0 Å². The Labute approximate surface area is 126 Å². The van der Waals surface area contributed by atoms with E-state index in [1.165, 1.54) is 18.2 Å². The molecule has 0 heterocycles. The van der Waals surface area contributed by atoms with Crippen LogP contribution in [0.15, 0.2) is 60.5 Å². The van der Waals surface area contributed by atoms with Gasteiger partial charge in [0.2, 0.25) is 0 Å². The van der Waals surface area contributed by atoms with Gasteiger partial charge in [-0.2, -0.15) is 0 Å². The van der Waals surface area contributed by atoms with Crippen LogP contribution in [0, 0.1) is 5.82 Å². The zero-order chi connectivity index (χ0) is 15.7. The predicted molar refractivity (Wildman–Crippen MR) is 86.4 cm³/mol. The molecule has 0 N–H and O–H groups in total. The van der Waals surface area contributed by atoms with Crippen LogP contribution in [-0.4, -0.2) is 0 Å². The molecule has 0 fully saturated rings. The first-order valence-electron chi connectivity index (χ1n) is 7.44. The number of hydrogen-bond donors (Lipinski definition) is 0. The van der Waals surface area contributed by atoms with E-state index >= 15 is 0 Å². The minimum absolute atomic E-state index is 0.239. The van der Waals surface area contributed by atoms with Crippen molar-refractivity contribution in [2.24, 2.45) is 0 Å². The Morgan fingerprint density at radius 2 is 1.90 bits per heavy atom. The van der Waals surface area contributed by atoms with Gasteiger partial charge in [-0.1, -0.05) is 57.0 Å². The molecular weight excluding hydrogens is 266 g/mol. The molecular formula is C19H24F2. The largest absolute Gasteiger partial charge is 0.216 e. The summed E-state index contributed by atoms with van der Waals surface area (Å²) in [6.45, 7) is 6.22. The Bertz CT molecular complexity index is 509. The SMILES string of the molecule is C\C=C/C(=C\C=C\F)C(C)(CCCC)c1ccc(F)cc1. The van der Waals surface area contributed by atoms with Gasteiger partial charge in [0.25, 0.3) is 0 Å². The van der Waals surface area contributed by atoms with Gasteiger partial charge >= 0.3 is 0 Å². The average molecular weight is 290 g/mol. The molecule has 0 amide bonds. The molecule has 0 nitrogen and oxygen atoms in total. The van der Waals surface area contributed by atoms with Crippen molar-refractivity contribution in [2.45, 2.75) is 45.4 Å². The van der Waals surface area contributed by atoms with Crippen molar-refractivity contribution in [3.63, 3.8) is 0 Å². The van der Waals surface area contributed by atoms with E-state index in [1.807, 2.05) is 31.2 Å². The van der Waals surface area contributed by atoms with Crippen molar-refractivity contribution >= 4 is 0 Å². The summed E-state index contributed by atoms with van der Waals surface area (Å²) in [5.41, 5.74) is 1.82. The zero-order valence-corrected chi connectivity index (χ0v) is 13.1. The summed E-state index contributed by atoms with van der Waals surface area (Å²) in [7, 11) is 0. The minimum Gasteiger partial charge on any atom is -0.216 e. The molecule has 0 spiro atoms. The Morgan fingerprint density at radius 3 is 2.43 bits per heavy atom. The van der Waals surface area contributed by atoms with Gasteiger partial charge in [-0.15, -0.1) is 0 Å². The monoisotopic (exact) mass is 290 g/mol. The first-order chi connectivity index (χ1) is 10.1. The molecule has 0 radical (unpaired) electrons. The average Bonchev–Trinajstić information content (AvgIpc) is 2.49. The smallest absolute Gasteiger partial charge is 0.123 e. The molecule has 0 aromatic heterocycles. The van der Waals surface area contributed by atoms with Crippen LogP contribution in [0.5, 0.6) is 0 Å². The summed E-state index contributed by atoms with van der Waals surface area (Å²) < 4.78 is 25.6. The molecule has 1 aromatic carbocycles. The Balaban J connectivity index is 3.32. The number of rotatable bonds is 7. The van der Waals surface area contributed by atoms with Crippen LogP contribution in [-0.2, 0) is 5.41 Å². The predicted octanol–water partition coefficient (Wildman–Crippen LogP) is 6.26. The van der Waals surface area contributed by atoms with E-state index in [0.717, 1.165) is 30.4 Å². The normalized spacial score (nSPS) is 15.8. The van der Waals surface area contributed by atoms with Crippen LogP contribution in [0.25, 0.3) is 0 Å². The highest BCUT2D eigenvalue weighted by Crippen LogP contribution is 2.38. The molecule has 0 aliphatic carbocycles. The summed E-state index contributed by atoms with van der Waals surface area (Å²) in [6.07, 6.45) is 10.8. The third-order valence-electron chi connectivity index (χ3n) is 3.84. The van der Waals surface area contributed by atoms with Crippen LogP contribution >= 0.6 is 0 Å². The number of unbranched alkanes of at least 4 members (excludes halogenated alkanes) is 1. The lowest BCUT2D eigenvalue weighted by Crippen LogP contribution is -2.24. The highest BCUT2D eigenvalue weighted by atomic mass is 19.1. The highest BCUT2D eigenvalue weighted by Gasteiger charge is 2.28. The molecule has 0 bridgehead atoms. The van der Waals surface area contributed by atoms with Crippen molar-refractivity contribution in [3.05, 3.63) is 71.9 Å².